The molecule has 1 heterocycles. The molecule has 0 amide bonds. The summed E-state index contributed by atoms with van der Waals surface area (Å²) in [6.07, 6.45) is 3.29. The van der Waals surface area contributed by atoms with Crippen LogP contribution < -0.4 is 0 Å². The summed E-state index contributed by atoms with van der Waals surface area (Å²) < 4.78 is 1.37. The Hall–Kier alpha value is -1.65. The highest BCUT2D eigenvalue weighted by molar-refractivity contribution is 5.73. The molecule has 0 fully saturated rings. The largest absolute Gasteiger partial charge is 0.480 e. The van der Waals surface area contributed by atoms with Gasteiger partial charge in [0, 0.05) is 6.20 Å². The van der Waals surface area contributed by atoms with Crippen LogP contribution in [0.5, 0.6) is 0 Å². The van der Waals surface area contributed by atoms with Crippen molar-refractivity contribution in [2.45, 2.75) is 13.0 Å². The van der Waals surface area contributed by atoms with Crippen molar-refractivity contribution in [2.75, 3.05) is 0 Å². The molecule has 1 atom stereocenters. The van der Waals surface area contributed by atoms with Gasteiger partial charge in [-0.25, -0.2) is 9.78 Å². The van der Waals surface area contributed by atoms with Gasteiger partial charge in [-0.1, -0.05) is 0 Å². The number of imidazole rings is 1. The summed E-state index contributed by atoms with van der Waals surface area (Å²) in [5, 5.41) is 8.58. The van der Waals surface area contributed by atoms with E-state index >= 15 is 0 Å². The molecule has 0 aliphatic carbocycles. The predicted molar refractivity (Wildman–Crippen MR) is 40.0 cm³/mol. The summed E-state index contributed by atoms with van der Waals surface area (Å²) >= 11 is 0. The number of hydrogen-bond acceptors (Lipinski definition) is 3. The summed E-state index contributed by atoms with van der Waals surface area (Å²) in [5.41, 5.74) is 0.239. The van der Waals surface area contributed by atoms with Gasteiger partial charge >= 0.3 is 5.97 Å². The van der Waals surface area contributed by atoms with Gasteiger partial charge in [0.2, 0.25) is 0 Å². The number of carboxylic acid groups (broad SMARTS) is 1. The van der Waals surface area contributed by atoms with Crippen LogP contribution in [0.15, 0.2) is 12.5 Å². The first-order chi connectivity index (χ1) is 5.65. The summed E-state index contributed by atoms with van der Waals surface area (Å²) in [5.74, 6) is -0.954. The predicted octanol–water partition coefficient (Wildman–Crippen LogP) is 0.341. The molecule has 5 nitrogen and oxygen atoms in total. The van der Waals surface area contributed by atoms with Gasteiger partial charge in [-0.2, -0.15) is 0 Å². The fourth-order valence-electron chi connectivity index (χ4n) is 0.753. The van der Waals surface area contributed by atoms with Crippen molar-refractivity contribution in [3.8, 4) is 0 Å². The summed E-state index contributed by atoms with van der Waals surface area (Å²) in [6, 6.07) is -0.689. The molecule has 0 radical (unpaired) electrons. The Morgan fingerprint density at radius 3 is 2.92 bits per heavy atom. The van der Waals surface area contributed by atoms with E-state index in [0.29, 0.717) is 6.29 Å². The van der Waals surface area contributed by atoms with Crippen LogP contribution in [0.3, 0.4) is 0 Å². The first-order valence-electron chi connectivity index (χ1n) is 3.36. The highest BCUT2D eigenvalue weighted by atomic mass is 16.4. The molecular weight excluding hydrogens is 160 g/mol. The van der Waals surface area contributed by atoms with Crippen LogP contribution in [0.2, 0.25) is 0 Å². The molecule has 1 aromatic heterocycles. The van der Waals surface area contributed by atoms with E-state index in [2.05, 4.69) is 4.98 Å². The zero-order valence-corrected chi connectivity index (χ0v) is 6.47. The molecule has 0 saturated carbocycles. The number of hydrogen-bond donors (Lipinski definition) is 1. The second kappa shape index (κ2) is 3.17. The Balaban J connectivity index is 2.88. The number of aldehydes is 1. The molecule has 1 aromatic rings. The topological polar surface area (TPSA) is 72.2 Å². The van der Waals surface area contributed by atoms with Gasteiger partial charge in [0.25, 0.3) is 0 Å². The normalized spacial score (nSPS) is 12.4. The van der Waals surface area contributed by atoms with E-state index in [0.717, 1.165) is 0 Å². The first-order valence-corrected chi connectivity index (χ1v) is 3.36. The second-order valence-corrected chi connectivity index (χ2v) is 2.38. The van der Waals surface area contributed by atoms with Crippen molar-refractivity contribution >= 4 is 12.3 Å². The summed E-state index contributed by atoms with van der Waals surface area (Å²) in [6.45, 7) is 1.51. The Bertz CT molecular complexity index is 305. The van der Waals surface area contributed by atoms with Gasteiger partial charge in [-0.15, -0.1) is 0 Å². The first kappa shape index (κ1) is 8.45. The number of aliphatic carboxylic acids is 1. The monoisotopic (exact) mass is 168 g/mol. The van der Waals surface area contributed by atoms with Crippen LogP contribution in [-0.2, 0) is 4.79 Å². The van der Waals surface area contributed by atoms with Crippen LogP contribution in [0, 0.1) is 0 Å². The molecule has 0 aromatic carbocycles. The third kappa shape index (κ3) is 1.50. The highest BCUT2D eigenvalue weighted by Gasteiger charge is 2.12. The fraction of sp³-hybridized carbons (Fsp3) is 0.286. The lowest BCUT2D eigenvalue weighted by Crippen LogP contribution is -2.13. The van der Waals surface area contributed by atoms with Crippen molar-refractivity contribution in [1.82, 2.24) is 9.55 Å². The van der Waals surface area contributed by atoms with Gasteiger partial charge in [0.05, 0.1) is 6.33 Å². The van der Waals surface area contributed by atoms with Crippen LogP contribution in [0.25, 0.3) is 0 Å². The third-order valence-corrected chi connectivity index (χ3v) is 1.55. The van der Waals surface area contributed by atoms with E-state index in [1.807, 2.05) is 0 Å². The van der Waals surface area contributed by atoms with Gasteiger partial charge in [-0.05, 0) is 6.92 Å². The van der Waals surface area contributed by atoms with Crippen molar-refractivity contribution in [2.24, 2.45) is 0 Å². The average molecular weight is 168 g/mol. The Morgan fingerprint density at radius 1 is 1.83 bits per heavy atom. The second-order valence-electron chi connectivity index (χ2n) is 2.38. The molecule has 5 heteroatoms. The van der Waals surface area contributed by atoms with Gasteiger partial charge in [0.1, 0.15) is 11.7 Å². The minimum atomic E-state index is -0.954. The van der Waals surface area contributed by atoms with Crippen LogP contribution in [0.1, 0.15) is 23.5 Å². The number of carbonyl (C=O) groups is 2. The average Bonchev–Trinajstić information content (AvgIpc) is 2.50. The molecule has 1 rings (SSSR count). The van der Waals surface area contributed by atoms with E-state index in [1.165, 1.54) is 24.0 Å². The lowest BCUT2D eigenvalue weighted by molar-refractivity contribution is -0.140. The summed E-state index contributed by atoms with van der Waals surface area (Å²) in [4.78, 5) is 24.3. The fourth-order valence-corrected chi connectivity index (χ4v) is 0.753. The molecule has 0 saturated heterocycles. The van der Waals surface area contributed by atoms with Crippen molar-refractivity contribution in [3.63, 3.8) is 0 Å². The number of carbonyl (C=O) groups excluding carboxylic acids is 1. The number of aromatic nitrogens is 2. The van der Waals surface area contributed by atoms with E-state index in [1.54, 1.807) is 0 Å². The van der Waals surface area contributed by atoms with E-state index in [4.69, 9.17) is 5.11 Å². The Labute approximate surface area is 68.6 Å². The zero-order valence-electron chi connectivity index (χ0n) is 6.47. The molecule has 0 bridgehead atoms. The van der Waals surface area contributed by atoms with Crippen molar-refractivity contribution < 1.29 is 14.7 Å². The van der Waals surface area contributed by atoms with E-state index in [-0.39, 0.29) is 5.69 Å². The van der Waals surface area contributed by atoms with E-state index in [9.17, 15) is 9.59 Å². The molecule has 64 valence electrons. The van der Waals surface area contributed by atoms with Crippen LogP contribution in [0.4, 0.5) is 0 Å². The third-order valence-electron chi connectivity index (χ3n) is 1.55. The van der Waals surface area contributed by atoms with Gasteiger partial charge in [0.15, 0.2) is 6.29 Å². The SMILES string of the molecule is CC(C(=O)O)n1cnc(C=O)c1. The highest BCUT2D eigenvalue weighted by Crippen LogP contribution is 2.05. The minimum Gasteiger partial charge on any atom is -0.480 e. The number of rotatable bonds is 3. The van der Waals surface area contributed by atoms with Gasteiger partial charge < -0.3 is 9.67 Å². The molecule has 0 aliphatic heterocycles. The summed E-state index contributed by atoms with van der Waals surface area (Å²) in [7, 11) is 0. The molecule has 0 aliphatic rings. The molecule has 1 unspecified atom stereocenters. The van der Waals surface area contributed by atoms with Crippen molar-refractivity contribution in [1.29, 1.82) is 0 Å². The van der Waals surface area contributed by atoms with Crippen LogP contribution >= 0.6 is 0 Å². The lowest BCUT2D eigenvalue weighted by atomic mass is 10.3. The van der Waals surface area contributed by atoms with Crippen LogP contribution in [-0.4, -0.2) is 26.9 Å². The lowest BCUT2D eigenvalue weighted by Gasteiger charge is -2.05. The molecular formula is C7H8N2O3. The zero-order chi connectivity index (χ0) is 9.14. The standard InChI is InChI=1S/C7H8N2O3/c1-5(7(11)12)9-2-6(3-10)8-4-9/h2-5H,1H3,(H,11,12). The minimum absolute atomic E-state index is 0.239. The number of nitrogens with zero attached hydrogens (tertiary/aromatic N) is 2. The quantitative estimate of drug-likeness (QED) is 0.660. The smallest absolute Gasteiger partial charge is 0.326 e. The number of carboxylic acids is 1. The Kier molecular flexibility index (Phi) is 2.23. The molecule has 0 spiro atoms. The maximum absolute atomic E-state index is 10.5. The van der Waals surface area contributed by atoms with E-state index < -0.39 is 12.0 Å². The van der Waals surface area contributed by atoms with Crippen molar-refractivity contribution in [3.05, 3.63) is 18.2 Å². The molecule has 12 heavy (non-hydrogen) atoms. The maximum Gasteiger partial charge on any atom is 0.326 e. The molecule has 1 N–H and O–H groups in total. The Morgan fingerprint density at radius 2 is 2.50 bits per heavy atom. The van der Waals surface area contributed by atoms with Gasteiger partial charge in [-0.3, -0.25) is 4.79 Å². The maximum atomic E-state index is 10.5.